The molecule has 0 aliphatic heterocycles. The summed E-state index contributed by atoms with van der Waals surface area (Å²) >= 11 is 0. The van der Waals surface area contributed by atoms with Crippen molar-refractivity contribution in [2.24, 2.45) is 5.41 Å². The summed E-state index contributed by atoms with van der Waals surface area (Å²) in [5, 5.41) is 4.63. The summed E-state index contributed by atoms with van der Waals surface area (Å²) in [4.78, 5) is 4.60. The highest BCUT2D eigenvalue weighted by molar-refractivity contribution is 6.22. The topological polar surface area (TPSA) is 26.0 Å². The lowest BCUT2D eigenvalue weighted by atomic mass is 9.91. The van der Waals surface area contributed by atoms with Gasteiger partial charge >= 0.3 is 0 Å². The lowest BCUT2D eigenvalue weighted by Gasteiger charge is -2.15. The Morgan fingerprint density at radius 1 is 0.909 bits per heavy atom. The molecular formula is C20H19NO. The average molecular weight is 289 g/mol. The predicted molar refractivity (Wildman–Crippen MR) is 92.2 cm³/mol. The Morgan fingerprint density at radius 3 is 2.36 bits per heavy atom. The van der Waals surface area contributed by atoms with Gasteiger partial charge in [-0.3, -0.25) is 4.98 Å². The van der Waals surface area contributed by atoms with Crippen molar-refractivity contribution in [1.29, 1.82) is 0 Å². The molecule has 0 atom stereocenters. The van der Waals surface area contributed by atoms with Crippen LogP contribution in [0.1, 0.15) is 26.5 Å². The Labute approximate surface area is 129 Å². The number of nitrogens with zero attached hydrogens (tertiary/aromatic N) is 1. The molecule has 2 nitrogen and oxygen atoms in total. The van der Waals surface area contributed by atoms with Gasteiger partial charge in [0.2, 0.25) is 0 Å². The van der Waals surface area contributed by atoms with Gasteiger partial charge in [0, 0.05) is 34.2 Å². The van der Waals surface area contributed by atoms with Gasteiger partial charge in [-0.25, -0.2) is 0 Å². The van der Waals surface area contributed by atoms with Crippen LogP contribution >= 0.6 is 0 Å². The van der Waals surface area contributed by atoms with Crippen LogP contribution in [-0.4, -0.2) is 4.98 Å². The number of hydrogen-bond acceptors (Lipinski definition) is 2. The van der Waals surface area contributed by atoms with E-state index >= 15 is 0 Å². The summed E-state index contributed by atoms with van der Waals surface area (Å²) in [6, 6.07) is 14.7. The smallest absolute Gasteiger partial charge is 0.142 e. The lowest BCUT2D eigenvalue weighted by molar-refractivity contribution is 0.371. The Kier molecular flexibility index (Phi) is 2.77. The molecule has 0 amide bonds. The van der Waals surface area contributed by atoms with Crippen molar-refractivity contribution < 1.29 is 4.42 Å². The second kappa shape index (κ2) is 4.57. The highest BCUT2D eigenvalue weighted by Crippen LogP contribution is 2.36. The molecule has 0 saturated heterocycles. The Morgan fingerprint density at radius 2 is 1.59 bits per heavy atom. The molecule has 0 fully saturated rings. The van der Waals surface area contributed by atoms with E-state index in [2.05, 4.69) is 62.2 Å². The zero-order chi connectivity index (χ0) is 15.3. The van der Waals surface area contributed by atoms with Crippen molar-refractivity contribution in [3.05, 3.63) is 54.4 Å². The molecule has 0 aliphatic rings. The summed E-state index contributed by atoms with van der Waals surface area (Å²) < 4.78 is 6.24. The number of benzene rings is 2. The molecule has 0 bridgehead atoms. The summed E-state index contributed by atoms with van der Waals surface area (Å²) in [6.07, 6.45) is 2.79. The minimum Gasteiger partial charge on any atom is -0.460 e. The molecule has 0 saturated carbocycles. The third-order valence-corrected chi connectivity index (χ3v) is 4.01. The van der Waals surface area contributed by atoms with Gasteiger partial charge in [-0.05, 0) is 17.5 Å². The van der Waals surface area contributed by atoms with Gasteiger partial charge in [-0.2, -0.15) is 0 Å². The highest BCUT2D eigenvalue weighted by Gasteiger charge is 2.18. The van der Waals surface area contributed by atoms with Crippen LogP contribution in [0.5, 0.6) is 0 Å². The van der Waals surface area contributed by atoms with Gasteiger partial charge in [0.1, 0.15) is 11.3 Å². The van der Waals surface area contributed by atoms with E-state index in [1.165, 1.54) is 10.8 Å². The van der Waals surface area contributed by atoms with Crippen molar-refractivity contribution in [3.63, 3.8) is 0 Å². The van der Waals surface area contributed by atoms with Gasteiger partial charge in [-0.15, -0.1) is 0 Å². The third kappa shape index (κ3) is 2.07. The maximum absolute atomic E-state index is 6.24. The number of pyridine rings is 1. The van der Waals surface area contributed by atoms with Crippen LogP contribution in [0.2, 0.25) is 0 Å². The number of aromatic nitrogens is 1. The standard InChI is InChI=1S/C20H19NO/c1-20(2,3)12-13-11-17-15-9-6-10-21-18(15)14-7-4-5-8-16(14)19(17)22-13/h4-11H,12H2,1-3H3. The van der Waals surface area contributed by atoms with Crippen molar-refractivity contribution in [2.75, 3.05) is 0 Å². The Hall–Kier alpha value is -2.35. The third-order valence-electron chi connectivity index (χ3n) is 4.01. The molecule has 0 aliphatic carbocycles. The van der Waals surface area contributed by atoms with Crippen LogP contribution in [0, 0.1) is 5.41 Å². The molecule has 0 spiro atoms. The second-order valence-corrected chi connectivity index (χ2v) is 7.14. The molecule has 2 heteroatoms. The van der Waals surface area contributed by atoms with Crippen molar-refractivity contribution >= 4 is 32.6 Å². The molecule has 22 heavy (non-hydrogen) atoms. The van der Waals surface area contributed by atoms with E-state index in [0.29, 0.717) is 0 Å². The van der Waals surface area contributed by atoms with Crippen molar-refractivity contribution in [3.8, 4) is 0 Å². The minimum atomic E-state index is 0.206. The largest absolute Gasteiger partial charge is 0.460 e. The maximum atomic E-state index is 6.24. The SMILES string of the molecule is CC(C)(C)Cc1cc2c3cccnc3c3ccccc3c2o1. The van der Waals surface area contributed by atoms with E-state index in [1.54, 1.807) is 0 Å². The quantitative estimate of drug-likeness (QED) is 0.419. The van der Waals surface area contributed by atoms with Crippen LogP contribution in [0.4, 0.5) is 0 Å². The van der Waals surface area contributed by atoms with Crippen LogP contribution in [0.15, 0.2) is 53.1 Å². The van der Waals surface area contributed by atoms with E-state index in [9.17, 15) is 0 Å². The molecule has 0 radical (unpaired) electrons. The minimum absolute atomic E-state index is 0.206. The van der Waals surface area contributed by atoms with Crippen LogP contribution in [0.3, 0.4) is 0 Å². The van der Waals surface area contributed by atoms with E-state index in [4.69, 9.17) is 4.42 Å². The molecule has 4 rings (SSSR count). The molecule has 4 aromatic rings. The molecule has 0 N–H and O–H groups in total. The van der Waals surface area contributed by atoms with E-state index in [0.717, 1.165) is 34.1 Å². The van der Waals surface area contributed by atoms with E-state index < -0.39 is 0 Å². The number of fused-ring (bicyclic) bond motifs is 6. The number of furan rings is 1. The van der Waals surface area contributed by atoms with E-state index in [1.807, 2.05) is 12.3 Å². The van der Waals surface area contributed by atoms with Gasteiger partial charge in [0.25, 0.3) is 0 Å². The zero-order valence-corrected chi connectivity index (χ0v) is 13.2. The van der Waals surface area contributed by atoms with Gasteiger partial charge < -0.3 is 4.42 Å². The number of hydrogen-bond donors (Lipinski definition) is 0. The van der Waals surface area contributed by atoms with Gasteiger partial charge in [0.15, 0.2) is 0 Å². The van der Waals surface area contributed by atoms with Gasteiger partial charge in [0.05, 0.1) is 5.52 Å². The fraction of sp³-hybridized carbons (Fsp3) is 0.250. The fourth-order valence-corrected chi connectivity index (χ4v) is 3.18. The fourth-order valence-electron chi connectivity index (χ4n) is 3.18. The number of rotatable bonds is 1. The molecule has 2 heterocycles. The van der Waals surface area contributed by atoms with Crippen LogP contribution < -0.4 is 0 Å². The second-order valence-electron chi connectivity index (χ2n) is 7.14. The lowest BCUT2D eigenvalue weighted by Crippen LogP contribution is -2.08. The summed E-state index contributed by atoms with van der Waals surface area (Å²) in [6.45, 7) is 6.70. The summed E-state index contributed by atoms with van der Waals surface area (Å²) in [7, 11) is 0. The Balaban J connectivity index is 2.13. The summed E-state index contributed by atoms with van der Waals surface area (Å²) in [5.41, 5.74) is 2.24. The van der Waals surface area contributed by atoms with Crippen LogP contribution in [0.25, 0.3) is 32.6 Å². The average Bonchev–Trinajstić information content (AvgIpc) is 2.89. The first-order valence-corrected chi connectivity index (χ1v) is 7.71. The zero-order valence-electron chi connectivity index (χ0n) is 13.2. The van der Waals surface area contributed by atoms with Gasteiger partial charge in [-0.1, -0.05) is 51.1 Å². The highest BCUT2D eigenvalue weighted by atomic mass is 16.3. The first-order valence-electron chi connectivity index (χ1n) is 7.71. The normalized spacial score (nSPS) is 12.5. The van der Waals surface area contributed by atoms with Crippen molar-refractivity contribution in [2.45, 2.75) is 27.2 Å². The summed E-state index contributed by atoms with van der Waals surface area (Å²) in [5.74, 6) is 1.05. The van der Waals surface area contributed by atoms with Crippen LogP contribution in [-0.2, 0) is 6.42 Å². The molecule has 0 unspecified atom stereocenters. The predicted octanol–water partition coefficient (Wildman–Crippen LogP) is 5.72. The monoisotopic (exact) mass is 289 g/mol. The van der Waals surface area contributed by atoms with Crippen molar-refractivity contribution in [1.82, 2.24) is 4.98 Å². The molecule has 110 valence electrons. The first kappa shape index (κ1) is 13.3. The Bertz CT molecular complexity index is 916. The molecular weight excluding hydrogens is 270 g/mol. The van der Waals surface area contributed by atoms with E-state index in [-0.39, 0.29) is 5.41 Å². The maximum Gasteiger partial charge on any atom is 0.142 e. The first-order chi connectivity index (χ1) is 10.5. The molecule has 2 aromatic heterocycles. The molecule has 2 aromatic carbocycles.